The van der Waals surface area contributed by atoms with Gasteiger partial charge in [0.05, 0.1) is 5.92 Å². The lowest BCUT2D eigenvalue weighted by molar-refractivity contribution is -0.126. The van der Waals surface area contributed by atoms with E-state index in [2.05, 4.69) is 20.4 Å². The first-order valence-corrected chi connectivity index (χ1v) is 9.38. The molecule has 28 heavy (non-hydrogen) atoms. The lowest BCUT2D eigenvalue weighted by atomic mass is 9.97. The van der Waals surface area contributed by atoms with Crippen molar-refractivity contribution in [3.05, 3.63) is 36.5 Å². The van der Waals surface area contributed by atoms with Gasteiger partial charge in [0.1, 0.15) is 18.3 Å². The number of hydrogen-bond donors (Lipinski definition) is 1. The Hall–Kier alpha value is -2.97. The maximum absolute atomic E-state index is 12.7. The number of amides is 2. The molecular weight excluding hydrogens is 360 g/mol. The molecule has 1 saturated heterocycles. The van der Waals surface area contributed by atoms with Crippen LogP contribution < -0.4 is 5.32 Å². The number of pyridine rings is 1. The Labute approximate surface area is 164 Å². The second-order valence-electron chi connectivity index (χ2n) is 7.81. The van der Waals surface area contributed by atoms with Crippen LogP contribution in [0.1, 0.15) is 39.2 Å². The summed E-state index contributed by atoms with van der Waals surface area (Å²) in [6, 6.07) is 3.70. The van der Waals surface area contributed by atoms with Gasteiger partial charge in [-0.05, 0) is 39.7 Å². The van der Waals surface area contributed by atoms with Crippen LogP contribution in [0.3, 0.4) is 0 Å². The molecule has 0 bridgehead atoms. The van der Waals surface area contributed by atoms with Crippen molar-refractivity contribution in [1.82, 2.24) is 30.0 Å². The van der Waals surface area contributed by atoms with Crippen molar-refractivity contribution in [1.29, 1.82) is 0 Å². The molecule has 3 heterocycles. The van der Waals surface area contributed by atoms with Gasteiger partial charge in [-0.25, -0.2) is 19.4 Å². The number of carbonyl (C=O) groups is 2. The van der Waals surface area contributed by atoms with Crippen LogP contribution in [0.5, 0.6) is 0 Å². The van der Waals surface area contributed by atoms with Crippen molar-refractivity contribution in [2.45, 2.75) is 45.8 Å². The van der Waals surface area contributed by atoms with Gasteiger partial charge in [-0.2, -0.15) is 5.10 Å². The van der Waals surface area contributed by atoms with Gasteiger partial charge in [0.2, 0.25) is 5.91 Å². The molecule has 0 aliphatic carbocycles. The summed E-state index contributed by atoms with van der Waals surface area (Å²) in [7, 11) is 0. The first kappa shape index (κ1) is 19.8. The largest absolute Gasteiger partial charge is 0.444 e. The van der Waals surface area contributed by atoms with Gasteiger partial charge in [-0.3, -0.25) is 4.79 Å². The van der Waals surface area contributed by atoms with E-state index in [4.69, 9.17) is 4.74 Å². The molecule has 1 fully saturated rings. The predicted octanol–water partition coefficient (Wildman–Crippen LogP) is 1.93. The van der Waals surface area contributed by atoms with Crippen LogP contribution in [-0.2, 0) is 16.1 Å². The molecule has 0 spiro atoms. The highest BCUT2D eigenvalue weighted by atomic mass is 16.6. The molecule has 0 unspecified atom stereocenters. The summed E-state index contributed by atoms with van der Waals surface area (Å²) in [6.45, 7) is 6.80. The molecule has 1 atom stereocenters. The van der Waals surface area contributed by atoms with Crippen LogP contribution in [-0.4, -0.2) is 55.3 Å². The fourth-order valence-corrected chi connectivity index (χ4v) is 3.10. The summed E-state index contributed by atoms with van der Waals surface area (Å²) < 4.78 is 6.98. The smallest absolute Gasteiger partial charge is 0.410 e. The van der Waals surface area contributed by atoms with Gasteiger partial charge in [0.25, 0.3) is 0 Å². The molecule has 3 rings (SSSR count). The van der Waals surface area contributed by atoms with Gasteiger partial charge in [0.15, 0.2) is 5.82 Å². The minimum atomic E-state index is -0.551. The van der Waals surface area contributed by atoms with Crippen LogP contribution in [0.25, 0.3) is 5.82 Å². The van der Waals surface area contributed by atoms with E-state index in [9.17, 15) is 9.59 Å². The summed E-state index contributed by atoms with van der Waals surface area (Å²) in [6.07, 6.45) is 5.81. The van der Waals surface area contributed by atoms with E-state index in [-0.39, 0.29) is 17.9 Å². The maximum atomic E-state index is 12.7. The third kappa shape index (κ3) is 5.05. The predicted molar refractivity (Wildman–Crippen MR) is 102 cm³/mol. The van der Waals surface area contributed by atoms with E-state index >= 15 is 0 Å². The molecule has 1 N–H and O–H groups in total. The highest BCUT2D eigenvalue weighted by Crippen LogP contribution is 2.20. The zero-order chi connectivity index (χ0) is 20.1. The third-order valence-electron chi connectivity index (χ3n) is 4.40. The first-order valence-electron chi connectivity index (χ1n) is 9.38. The average molecular weight is 386 g/mol. The minimum absolute atomic E-state index is 0.0818. The maximum Gasteiger partial charge on any atom is 0.410 e. The molecule has 2 aromatic rings. The van der Waals surface area contributed by atoms with E-state index < -0.39 is 5.60 Å². The number of carbonyl (C=O) groups excluding carboxylic acids is 2. The van der Waals surface area contributed by atoms with Crippen molar-refractivity contribution in [2.24, 2.45) is 5.92 Å². The van der Waals surface area contributed by atoms with Crippen molar-refractivity contribution < 1.29 is 14.3 Å². The van der Waals surface area contributed by atoms with Crippen molar-refractivity contribution in [3.8, 4) is 5.82 Å². The van der Waals surface area contributed by atoms with Crippen LogP contribution in [0.15, 0.2) is 31.0 Å². The van der Waals surface area contributed by atoms with Gasteiger partial charge in [0, 0.05) is 31.4 Å². The minimum Gasteiger partial charge on any atom is -0.444 e. The monoisotopic (exact) mass is 386 g/mol. The van der Waals surface area contributed by atoms with Gasteiger partial charge < -0.3 is 15.0 Å². The number of nitrogens with zero attached hydrogens (tertiary/aromatic N) is 5. The van der Waals surface area contributed by atoms with E-state index in [0.717, 1.165) is 18.4 Å². The second-order valence-corrected chi connectivity index (χ2v) is 7.81. The summed E-state index contributed by atoms with van der Waals surface area (Å²) in [5.74, 6) is 0.286. The molecule has 0 aromatic carbocycles. The lowest BCUT2D eigenvalue weighted by Crippen LogP contribution is -2.46. The van der Waals surface area contributed by atoms with Crippen molar-refractivity contribution in [2.75, 3.05) is 13.1 Å². The normalized spacial score (nSPS) is 17.2. The molecular formula is C19H26N6O3. The van der Waals surface area contributed by atoms with Crippen LogP contribution in [0, 0.1) is 5.92 Å². The Kier molecular flexibility index (Phi) is 5.91. The molecule has 9 nitrogen and oxygen atoms in total. The van der Waals surface area contributed by atoms with E-state index in [1.807, 2.05) is 32.9 Å². The van der Waals surface area contributed by atoms with Crippen LogP contribution in [0.2, 0.25) is 0 Å². The molecule has 150 valence electrons. The highest BCUT2D eigenvalue weighted by molar-refractivity contribution is 5.80. The number of rotatable bonds is 4. The Bertz CT molecular complexity index is 815. The van der Waals surface area contributed by atoms with Crippen LogP contribution >= 0.6 is 0 Å². The lowest BCUT2D eigenvalue weighted by Gasteiger charge is -2.33. The summed E-state index contributed by atoms with van der Waals surface area (Å²) in [5.41, 5.74) is 0.283. The Morgan fingerprint density at radius 2 is 2.18 bits per heavy atom. The fourth-order valence-electron chi connectivity index (χ4n) is 3.10. The number of piperidine rings is 1. The molecule has 1 aliphatic rings. The van der Waals surface area contributed by atoms with Crippen molar-refractivity contribution in [3.63, 3.8) is 0 Å². The zero-order valence-electron chi connectivity index (χ0n) is 16.5. The van der Waals surface area contributed by atoms with Gasteiger partial charge >= 0.3 is 6.09 Å². The molecule has 2 amide bonds. The van der Waals surface area contributed by atoms with Crippen LogP contribution in [0.4, 0.5) is 4.79 Å². The Morgan fingerprint density at radius 3 is 2.89 bits per heavy atom. The summed E-state index contributed by atoms with van der Waals surface area (Å²) in [5, 5.41) is 7.05. The number of ether oxygens (including phenoxy) is 1. The number of aromatic nitrogens is 4. The standard InChI is InChI=1S/C19H26N6O3/c1-19(2,3)28-18(27)24-9-5-7-15(11-24)17(26)22-10-14-6-4-8-21-16(14)25-13-20-12-23-25/h4,6,8,12-13,15H,5,7,9-11H2,1-3H3,(H,22,26)/t15-/m0/s1. The fraction of sp³-hybridized carbons (Fsp3) is 0.526. The number of likely N-dealkylation sites (tertiary alicyclic amines) is 1. The SMILES string of the molecule is CC(C)(C)OC(=O)N1CCC[C@H](C(=O)NCc2cccnc2-n2cncn2)C1. The molecule has 0 radical (unpaired) electrons. The van der Waals surface area contributed by atoms with E-state index in [1.165, 1.54) is 6.33 Å². The Morgan fingerprint density at radius 1 is 1.36 bits per heavy atom. The Balaban J connectivity index is 1.59. The molecule has 0 saturated carbocycles. The summed E-state index contributed by atoms with van der Waals surface area (Å²) in [4.78, 5) is 34.8. The van der Waals surface area contributed by atoms with Gasteiger partial charge in [-0.1, -0.05) is 6.07 Å². The van der Waals surface area contributed by atoms with E-state index in [1.54, 1.807) is 22.1 Å². The van der Waals surface area contributed by atoms with Crippen molar-refractivity contribution >= 4 is 12.0 Å². The number of nitrogens with one attached hydrogen (secondary N) is 1. The molecule has 1 aliphatic heterocycles. The molecule has 2 aromatic heterocycles. The average Bonchev–Trinajstić information content (AvgIpc) is 3.19. The second kappa shape index (κ2) is 8.37. The zero-order valence-corrected chi connectivity index (χ0v) is 16.5. The topological polar surface area (TPSA) is 102 Å². The molecule has 9 heteroatoms. The quantitative estimate of drug-likeness (QED) is 0.861. The van der Waals surface area contributed by atoms with Gasteiger partial charge in [-0.15, -0.1) is 0 Å². The third-order valence-corrected chi connectivity index (χ3v) is 4.40. The van der Waals surface area contributed by atoms with E-state index in [0.29, 0.717) is 25.5 Å². The summed E-state index contributed by atoms with van der Waals surface area (Å²) >= 11 is 0. The number of hydrogen-bond acceptors (Lipinski definition) is 6. The first-order chi connectivity index (χ1) is 13.3. The highest BCUT2D eigenvalue weighted by Gasteiger charge is 2.31.